The normalized spacial score (nSPS) is 10.2. The fraction of sp³-hybridized carbons (Fsp3) is 0.278. The molecule has 4 nitrogen and oxygen atoms in total. The third kappa shape index (κ3) is 5.49. The minimum Gasteiger partial charge on any atom is -0.473 e. The first-order chi connectivity index (χ1) is 11.2. The fourth-order valence-electron chi connectivity index (χ4n) is 2.19. The van der Waals surface area contributed by atoms with Gasteiger partial charge in [0.1, 0.15) is 5.75 Å². The summed E-state index contributed by atoms with van der Waals surface area (Å²) in [5, 5.41) is 6.18. The molecule has 0 radical (unpaired) electrons. The maximum atomic E-state index is 11.7. The van der Waals surface area contributed by atoms with E-state index in [-0.39, 0.29) is 12.8 Å². The van der Waals surface area contributed by atoms with Crippen molar-refractivity contribution in [1.29, 1.82) is 0 Å². The Hall–Kier alpha value is -2.20. The SMILES string of the molecule is CCc1ccccc1OCNC(=O)NCCc1ccccc1Cl. The topological polar surface area (TPSA) is 50.4 Å². The number of rotatable bonds is 7. The van der Waals surface area contributed by atoms with Crippen molar-refractivity contribution in [2.75, 3.05) is 13.3 Å². The molecule has 5 heteroatoms. The Kier molecular flexibility index (Phi) is 6.76. The molecular weight excluding hydrogens is 312 g/mol. The van der Waals surface area contributed by atoms with Crippen molar-refractivity contribution in [1.82, 2.24) is 10.6 Å². The van der Waals surface area contributed by atoms with Crippen molar-refractivity contribution in [3.05, 3.63) is 64.7 Å². The number of urea groups is 1. The zero-order valence-electron chi connectivity index (χ0n) is 13.1. The van der Waals surface area contributed by atoms with Crippen molar-refractivity contribution in [2.45, 2.75) is 19.8 Å². The Labute approximate surface area is 141 Å². The number of benzene rings is 2. The lowest BCUT2D eigenvalue weighted by Gasteiger charge is -2.12. The number of carbonyl (C=O) groups is 1. The van der Waals surface area contributed by atoms with Gasteiger partial charge < -0.3 is 15.4 Å². The molecule has 0 saturated heterocycles. The standard InChI is InChI=1S/C18H21ClN2O2/c1-2-14-7-4-6-10-17(14)23-13-21-18(22)20-12-11-15-8-3-5-9-16(15)19/h3-10H,2,11-13H2,1H3,(H2,20,21,22). The summed E-state index contributed by atoms with van der Waals surface area (Å²) in [7, 11) is 0. The summed E-state index contributed by atoms with van der Waals surface area (Å²) in [5.41, 5.74) is 2.14. The Bertz CT molecular complexity index is 646. The maximum Gasteiger partial charge on any atom is 0.317 e. The van der Waals surface area contributed by atoms with Crippen molar-refractivity contribution < 1.29 is 9.53 Å². The molecule has 2 aromatic carbocycles. The quantitative estimate of drug-likeness (QED) is 0.758. The zero-order valence-corrected chi connectivity index (χ0v) is 13.9. The van der Waals surface area contributed by atoms with Gasteiger partial charge in [0.15, 0.2) is 6.73 Å². The van der Waals surface area contributed by atoms with Crippen molar-refractivity contribution in [3.8, 4) is 5.75 Å². The van der Waals surface area contributed by atoms with E-state index in [0.717, 1.165) is 23.3 Å². The minimum atomic E-state index is -0.258. The number of aryl methyl sites for hydroxylation is 1. The molecule has 2 amide bonds. The summed E-state index contributed by atoms with van der Waals surface area (Å²) in [6, 6.07) is 15.2. The molecule has 2 aromatic rings. The molecule has 2 N–H and O–H groups in total. The molecule has 0 aliphatic rings. The molecule has 0 unspecified atom stereocenters. The summed E-state index contributed by atoms with van der Waals surface area (Å²) in [6.07, 6.45) is 1.58. The lowest BCUT2D eigenvalue weighted by molar-refractivity contribution is 0.223. The number of amides is 2. The van der Waals surface area contributed by atoms with E-state index in [1.165, 1.54) is 0 Å². The van der Waals surface area contributed by atoms with Crippen LogP contribution in [0.15, 0.2) is 48.5 Å². The molecule has 0 fully saturated rings. The van der Waals surface area contributed by atoms with Gasteiger partial charge >= 0.3 is 6.03 Å². The molecule has 0 spiro atoms. The number of hydrogen-bond acceptors (Lipinski definition) is 2. The Morgan fingerprint density at radius 3 is 2.48 bits per heavy atom. The molecule has 23 heavy (non-hydrogen) atoms. The average molecular weight is 333 g/mol. The van der Waals surface area contributed by atoms with Crippen LogP contribution in [0.5, 0.6) is 5.75 Å². The molecule has 0 aliphatic carbocycles. The monoisotopic (exact) mass is 332 g/mol. The van der Waals surface area contributed by atoms with Crippen LogP contribution in [-0.4, -0.2) is 19.3 Å². The van der Waals surface area contributed by atoms with Gasteiger partial charge in [-0.15, -0.1) is 0 Å². The molecule has 2 rings (SSSR count). The van der Waals surface area contributed by atoms with Crippen LogP contribution in [0.25, 0.3) is 0 Å². The molecule has 0 aliphatic heterocycles. The minimum absolute atomic E-state index is 0.134. The first-order valence-corrected chi connectivity index (χ1v) is 8.04. The van der Waals surface area contributed by atoms with E-state index in [1.807, 2.05) is 48.5 Å². The highest BCUT2D eigenvalue weighted by atomic mass is 35.5. The van der Waals surface area contributed by atoms with Crippen LogP contribution >= 0.6 is 11.6 Å². The predicted molar refractivity (Wildman–Crippen MR) is 93.0 cm³/mol. The number of para-hydroxylation sites is 1. The molecule has 0 atom stereocenters. The van der Waals surface area contributed by atoms with E-state index in [9.17, 15) is 4.79 Å². The first kappa shape index (κ1) is 17.2. The first-order valence-electron chi connectivity index (χ1n) is 7.66. The lowest BCUT2D eigenvalue weighted by Crippen LogP contribution is -2.38. The highest BCUT2D eigenvalue weighted by molar-refractivity contribution is 6.31. The van der Waals surface area contributed by atoms with E-state index in [0.29, 0.717) is 18.0 Å². The van der Waals surface area contributed by atoms with Crippen LogP contribution in [0.4, 0.5) is 4.79 Å². The molecule has 0 heterocycles. The summed E-state index contributed by atoms with van der Waals surface area (Å²) in [5.74, 6) is 0.798. The highest BCUT2D eigenvalue weighted by Gasteiger charge is 2.04. The Balaban J connectivity index is 1.68. The van der Waals surface area contributed by atoms with Gasteiger partial charge in [-0.05, 0) is 36.1 Å². The van der Waals surface area contributed by atoms with Gasteiger partial charge in [-0.25, -0.2) is 4.79 Å². The second-order valence-electron chi connectivity index (χ2n) is 5.02. The number of hydrogen-bond donors (Lipinski definition) is 2. The average Bonchev–Trinajstić information content (AvgIpc) is 2.57. The largest absolute Gasteiger partial charge is 0.473 e. The number of nitrogens with one attached hydrogen (secondary N) is 2. The van der Waals surface area contributed by atoms with Crippen molar-refractivity contribution in [2.24, 2.45) is 0 Å². The van der Waals surface area contributed by atoms with E-state index in [1.54, 1.807) is 0 Å². The van der Waals surface area contributed by atoms with Gasteiger partial charge in [0.25, 0.3) is 0 Å². The molecule has 0 bridgehead atoms. The Morgan fingerprint density at radius 2 is 1.74 bits per heavy atom. The highest BCUT2D eigenvalue weighted by Crippen LogP contribution is 2.17. The van der Waals surface area contributed by atoms with Crippen molar-refractivity contribution in [3.63, 3.8) is 0 Å². The number of halogens is 1. The van der Waals surface area contributed by atoms with Gasteiger partial charge in [0, 0.05) is 11.6 Å². The van der Waals surface area contributed by atoms with Gasteiger partial charge in [-0.2, -0.15) is 0 Å². The van der Waals surface area contributed by atoms with Crippen LogP contribution < -0.4 is 15.4 Å². The molecular formula is C18H21ClN2O2. The van der Waals surface area contributed by atoms with E-state index in [4.69, 9.17) is 16.3 Å². The second-order valence-corrected chi connectivity index (χ2v) is 5.43. The number of carbonyl (C=O) groups excluding carboxylic acids is 1. The van der Waals surface area contributed by atoms with E-state index < -0.39 is 0 Å². The van der Waals surface area contributed by atoms with Gasteiger partial charge in [0.2, 0.25) is 0 Å². The van der Waals surface area contributed by atoms with Crippen LogP contribution in [0.2, 0.25) is 5.02 Å². The number of ether oxygens (including phenoxy) is 1. The summed E-state index contributed by atoms with van der Waals surface area (Å²) < 4.78 is 5.59. The van der Waals surface area contributed by atoms with Crippen LogP contribution in [0, 0.1) is 0 Å². The van der Waals surface area contributed by atoms with Crippen LogP contribution in [0.3, 0.4) is 0 Å². The van der Waals surface area contributed by atoms with Crippen LogP contribution in [-0.2, 0) is 12.8 Å². The third-order valence-corrected chi connectivity index (χ3v) is 3.82. The van der Waals surface area contributed by atoms with Crippen molar-refractivity contribution >= 4 is 17.6 Å². The van der Waals surface area contributed by atoms with Crippen LogP contribution in [0.1, 0.15) is 18.1 Å². The van der Waals surface area contributed by atoms with E-state index in [2.05, 4.69) is 17.6 Å². The lowest BCUT2D eigenvalue weighted by atomic mass is 10.1. The third-order valence-electron chi connectivity index (χ3n) is 3.45. The summed E-state index contributed by atoms with van der Waals surface area (Å²) >= 11 is 6.07. The molecule has 122 valence electrons. The van der Waals surface area contributed by atoms with Gasteiger partial charge in [-0.3, -0.25) is 0 Å². The second kappa shape index (κ2) is 9.06. The zero-order chi connectivity index (χ0) is 16.5. The van der Waals surface area contributed by atoms with Gasteiger partial charge in [0.05, 0.1) is 0 Å². The predicted octanol–water partition coefficient (Wildman–Crippen LogP) is 3.78. The smallest absolute Gasteiger partial charge is 0.317 e. The molecule has 0 aromatic heterocycles. The fourth-order valence-corrected chi connectivity index (χ4v) is 2.42. The summed E-state index contributed by atoms with van der Waals surface area (Å²) in [6.45, 7) is 2.72. The molecule has 0 saturated carbocycles. The van der Waals surface area contributed by atoms with Gasteiger partial charge in [-0.1, -0.05) is 54.9 Å². The van der Waals surface area contributed by atoms with E-state index >= 15 is 0 Å². The maximum absolute atomic E-state index is 11.7. The Morgan fingerprint density at radius 1 is 1.04 bits per heavy atom. The summed E-state index contributed by atoms with van der Waals surface area (Å²) in [4.78, 5) is 11.7.